The van der Waals surface area contributed by atoms with E-state index >= 15 is 0 Å². The minimum Gasteiger partial charge on any atom is -0.469 e. The van der Waals surface area contributed by atoms with Gasteiger partial charge in [-0.2, -0.15) is 0 Å². The highest BCUT2D eigenvalue weighted by atomic mass is 16.5. The molecule has 4 nitrogen and oxygen atoms in total. The summed E-state index contributed by atoms with van der Waals surface area (Å²) in [4.78, 5) is 16.9. The Hall–Kier alpha value is -0.610. The minimum absolute atomic E-state index is 0.0140. The molecule has 0 saturated carbocycles. The van der Waals surface area contributed by atoms with Gasteiger partial charge in [-0.1, -0.05) is 20.3 Å². The molecule has 2 rings (SSSR count). The van der Waals surface area contributed by atoms with E-state index in [1.54, 1.807) is 0 Å². The number of methoxy groups -OCH3 is 1. The molecule has 2 atom stereocenters. The smallest absolute Gasteiger partial charge is 0.310 e. The number of rotatable bonds is 4. The second kappa shape index (κ2) is 6.71. The molecule has 0 aliphatic carbocycles. The Labute approximate surface area is 117 Å². The second-order valence-electron chi connectivity index (χ2n) is 6.32. The molecule has 2 heterocycles. The number of fused-ring (bicyclic) bond motifs is 1. The predicted octanol–water partition coefficient (Wildman–Crippen LogP) is 1.60. The Morgan fingerprint density at radius 1 is 1.26 bits per heavy atom. The number of ether oxygens (including phenoxy) is 1. The van der Waals surface area contributed by atoms with Crippen molar-refractivity contribution in [2.24, 2.45) is 11.8 Å². The van der Waals surface area contributed by atoms with E-state index in [-0.39, 0.29) is 11.9 Å². The number of carbonyl (C=O) groups is 1. The molecule has 0 radical (unpaired) electrons. The lowest BCUT2D eigenvalue weighted by Gasteiger charge is -2.44. The van der Waals surface area contributed by atoms with Gasteiger partial charge in [0.15, 0.2) is 0 Å². The first-order valence-electron chi connectivity index (χ1n) is 7.66. The van der Waals surface area contributed by atoms with Crippen molar-refractivity contribution in [3.63, 3.8) is 0 Å². The summed E-state index contributed by atoms with van der Waals surface area (Å²) in [6.45, 7) is 9.72. The Morgan fingerprint density at radius 2 is 2.05 bits per heavy atom. The fraction of sp³-hybridized carbons (Fsp3) is 0.933. The van der Waals surface area contributed by atoms with Gasteiger partial charge in [-0.3, -0.25) is 14.6 Å². The van der Waals surface area contributed by atoms with E-state index in [2.05, 4.69) is 23.6 Å². The fourth-order valence-electron chi connectivity index (χ4n) is 3.37. The van der Waals surface area contributed by atoms with Crippen molar-refractivity contribution in [2.75, 3.05) is 39.8 Å². The van der Waals surface area contributed by atoms with Crippen molar-refractivity contribution < 1.29 is 9.53 Å². The number of hydrogen-bond donors (Lipinski definition) is 0. The lowest BCUT2D eigenvalue weighted by Crippen LogP contribution is -2.56. The Kier molecular flexibility index (Phi) is 5.22. The van der Waals surface area contributed by atoms with E-state index in [9.17, 15) is 4.79 Å². The zero-order valence-corrected chi connectivity index (χ0v) is 12.6. The van der Waals surface area contributed by atoms with E-state index in [4.69, 9.17) is 4.74 Å². The standard InChI is InChI=1S/C15H28N2O2/c1-12(2)14(15(18)19-3)11-16-8-9-17-7-5-4-6-13(17)10-16/h12-14H,4-11H2,1-3H3. The van der Waals surface area contributed by atoms with Gasteiger partial charge in [0.25, 0.3) is 0 Å². The summed E-state index contributed by atoms with van der Waals surface area (Å²) in [6, 6.07) is 0.716. The molecule has 110 valence electrons. The summed E-state index contributed by atoms with van der Waals surface area (Å²) in [6.07, 6.45) is 4.04. The predicted molar refractivity (Wildman–Crippen MR) is 76.0 cm³/mol. The molecular weight excluding hydrogens is 240 g/mol. The molecule has 2 unspecified atom stereocenters. The van der Waals surface area contributed by atoms with E-state index in [1.807, 2.05) is 0 Å². The zero-order chi connectivity index (χ0) is 13.8. The maximum absolute atomic E-state index is 11.9. The number of esters is 1. The topological polar surface area (TPSA) is 32.8 Å². The molecule has 0 N–H and O–H groups in total. The van der Waals surface area contributed by atoms with E-state index in [0.717, 1.165) is 26.2 Å². The summed E-state index contributed by atoms with van der Waals surface area (Å²) in [5.41, 5.74) is 0. The van der Waals surface area contributed by atoms with Gasteiger partial charge < -0.3 is 4.74 Å². The third-order valence-electron chi connectivity index (χ3n) is 4.69. The van der Waals surface area contributed by atoms with Crippen molar-refractivity contribution in [1.82, 2.24) is 9.80 Å². The third-order valence-corrected chi connectivity index (χ3v) is 4.69. The summed E-state index contributed by atoms with van der Waals surface area (Å²) < 4.78 is 4.95. The average molecular weight is 268 g/mol. The third kappa shape index (κ3) is 3.69. The molecular formula is C15H28N2O2. The first kappa shape index (κ1) is 14.8. The van der Waals surface area contributed by atoms with Crippen LogP contribution in [-0.4, -0.2) is 61.6 Å². The number of carbonyl (C=O) groups excluding carboxylic acids is 1. The average Bonchev–Trinajstić information content (AvgIpc) is 2.43. The van der Waals surface area contributed by atoms with Gasteiger partial charge in [0.2, 0.25) is 0 Å². The molecule has 0 amide bonds. The van der Waals surface area contributed by atoms with Crippen LogP contribution in [-0.2, 0) is 9.53 Å². The monoisotopic (exact) mass is 268 g/mol. The van der Waals surface area contributed by atoms with Gasteiger partial charge in [-0.05, 0) is 25.3 Å². The lowest BCUT2D eigenvalue weighted by atomic mass is 9.93. The van der Waals surface area contributed by atoms with Crippen LogP contribution in [0.1, 0.15) is 33.1 Å². The molecule has 0 aromatic heterocycles. The summed E-state index contributed by atoms with van der Waals surface area (Å²) >= 11 is 0. The Bertz CT molecular complexity index is 307. The first-order chi connectivity index (χ1) is 9.11. The molecule has 0 aromatic carbocycles. The molecule has 0 bridgehead atoms. The van der Waals surface area contributed by atoms with Gasteiger partial charge in [0, 0.05) is 32.2 Å². The summed E-state index contributed by atoms with van der Waals surface area (Å²) in [5.74, 6) is 0.304. The van der Waals surface area contributed by atoms with Gasteiger partial charge in [0.05, 0.1) is 13.0 Å². The quantitative estimate of drug-likeness (QED) is 0.725. The molecule has 2 fully saturated rings. The van der Waals surface area contributed by atoms with Crippen LogP contribution in [0.3, 0.4) is 0 Å². The van der Waals surface area contributed by atoms with Crippen molar-refractivity contribution >= 4 is 5.97 Å². The van der Waals surface area contributed by atoms with Crippen LogP contribution in [0.15, 0.2) is 0 Å². The maximum Gasteiger partial charge on any atom is 0.310 e. The highest BCUT2D eigenvalue weighted by molar-refractivity contribution is 5.72. The molecule has 0 spiro atoms. The van der Waals surface area contributed by atoms with Gasteiger partial charge in [-0.25, -0.2) is 0 Å². The Balaban J connectivity index is 1.89. The molecule has 0 aromatic rings. The zero-order valence-electron chi connectivity index (χ0n) is 12.6. The first-order valence-corrected chi connectivity index (χ1v) is 7.66. The number of nitrogens with zero attached hydrogens (tertiary/aromatic N) is 2. The van der Waals surface area contributed by atoms with E-state index < -0.39 is 0 Å². The lowest BCUT2D eigenvalue weighted by molar-refractivity contribution is -0.148. The van der Waals surface area contributed by atoms with Crippen LogP contribution in [0.5, 0.6) is 0 Å². The molecule has 4 heteroatoms. The maximum atomic E-state index is 11.9. The Morgan fingerprint density at radius 3 is 2.74 bits per heavy atom. The molecule has 2 aliphatic rings. The SMILES string of the molecule is COC(=O)C(CN1CCN2CCCCC2C1)C(C)C. The van der Waals surface area contributed by atoms with Crippen molar-refractivity contribution in [1.29, 1.82) is 0 Å². The van der Waals surface area contributed by atoms with Gasteiger partial charge in [0.1, 0.15) is 0 Å². The van der Waals surface area contributed by atoms with Crippen LogP contribution >= 0.6 is 0 Å². The molecule has 2 saturated heterocycles. The van der Waals surface area contributed by atoms with E-state index in [1.165, 1.54) is 32.9 Å². The van der Waals surface area contributed by atoms with Crippen LogP contribution < -0.4 is 0 Å². The normalized spacial score (nSPS) is 27.1. The van der Waals surface area contributed by atoms with Crippen LogP contribution in [0, 0.1) is 11.8 Å². The number of piperidine rings is 1. The van der Waals surface area contributed by atoms with Crippen molar-refractivity contribution in [2.45, 2.75) is 39.2 Å². The number of hydrogen-bond acceptors (Lipinski definition) is 4. The molecule has 19 heavy (non-hydrogen) atoms. The van der Waals surface area contributed by atoms with Crippen molar-refractivity contribution in [3.05, 3.63) is 0 Å². The largest absolute Gasteiger partial charge is 0.469 e. The summed E-state index contributed by atoms with van der Waals surface area (Å²) in [5, 5.41) is 0. The minimum atomic E-state index is -0.0546. The van der Waals surface area contributed by atoms with Gasteiger partial charge in [-0.15, -0.1) is 0 Å². The number of piperazine rings is 1. The van der Waals surface area contributed by atoms with Gasteiger partial charge >= 0.3 is 5.97 Å². The van der Waals surface area contributed by atoms with E-state index in [0.29, 0.717) is 12.0 Å². The van der Waals surface area contributed by atoms with Crippen molar-refractivity contribution in [3.8, 4) is 0 Å². The van der Waals surface area contributed by atoms with Crippen LogP contribution in [0.4, 0.5) is 0 Å². The van der Waals surface area contributed by atoms with Crippen LogP contribution in [0.2, 0.25) is 0 Å². The van der Waals surface area contributed by atoms with Crippen LogP contribution in [0.25, 0.3) is 0 Å². The highest BCUT2D eigenvalue weighted by Crippen LogP contribution is 2.23. The summed E-state index contributed by atoms with van der Waals surface area (Å²) in [7, 11) is 1.50. The highest BCUT2D eigenvalue weighted by Gasteiger charge is 2.32. The second-order valence-corrected chi connectivity index (χ2v) is 6.32. The fourth-order valence-corrected chi connectivity index (χ4v) is 3.37. The molecule has 2 aliphatic heterocycles.